The van der Waals surface area contributed by atoms with Crippen LogP contribution in [0, 0.1) is 5.92 Å². The minimum Gasteiger partial charge on any atom is -0.484 e. The van der Waals surface area contributed by atoms with Crippen LogP contribution < -0.4 is 5.32 Å². The number of carbonyl (C=O) groups excluding carboxylic acids is 1. The zero-order valence-corrected chi connectivity index (χ0v) is 7.97. The van der Waals surface area contributed by atoms with Crippen LogP contribution in [-0.2, 0) is 9.53 Å². The SMILES string of the molecule is CC1=C(C(C)C)NC(=O)[C@@H](C)O1. The van der Waals surface area contributed by atoms with Gasteiger partial charge in [-0.05, 0) is 19.8 Å². The van der Waals surface area contributed by atoms with Gasteiger partial charge in [-0.3, -0.25) is 4.79 Å². The largest absolute Gasteiger partial charge is 0.484 e. The van der Waals surface area contributed by atoms with E-state index in [1.54, 1.807) is 6.92 Å². The predicted octanol–water partition coefficient (Wildman–Crippen LogP) is 1.41. The first-order valence-electron chi connectivity index (χ1n) is 4.20. The average molecular weight is 169 g/mol. The molecule has 0 aromatic carbocycles. The van der Waals surface area contributed by atoms with Crippen molar-refractivity contribution in [2.75, 3.05) is 0 Å². The number of hydrogen-bond donors (Lipinski definition) is 1. The van der Waals surface area contributed by atoms with Crippen molar-refractivity contribution >= 4 is 5.91 Å². The van der Waals surface area contributed by atoms with Crippen molar-refractivity contribution in [2.24, 2.45) is 5.92 Å². The molecule has 1 rings (SSSR count). The summed E-state index contributed by atoms with van der Waals surface area (Å²) in [6, 6.07) is 0. The van der Waals surface area contributed by atoms with Gasteiger partial charge in [-0.1, -0.05) is 13.8 Å². The van der Waals surface area contributed by atoms with Gasteiger partial charge in [-0.15, -0.1) is 0 Å². The van der Waals surface area contributed by atoms with Crippen LogP contribution in [0.15, 0.2) is 11.5 Å². The number of ether oxygens (including phenoxy) is 1. The molecule has 0 bridgehead atoms. The van der Waals surface area contributed by atoms with Gasteiger partial charge in [0.15, 0.2) is 6.10 Å². The van der Waals surface area contributed by atoms with Gasteiger partial charge in [0.2, 0.25) is 0 Å². The molecule has 3 heteroatoms. The zero-order valence-electron chi connectivity index (χ0n) is 7.97. The van der Waals surface area contributed by atoms with Crippen molar-refractivity contribution in [3.63, 3.8) is 0 Å². The second-order valence-electron chi connectivity index (χ2n) is 3.37. The Hall–Kier alpha value is -0.990. The van der Waals surface area contributed by atoms with Crippen molar-refractivity contribution < 1.29 is 9.53 Å². The summed E-state index contributed by atoms with van der Waals surface area (Å²) < 4.78 is 5.34. The average Bonchev–Trinajstić information content (AvgIpc) is 1.96. The molecule has 1 aliphatic rings. The van der Waals surface area contributed by atoms with E-state index in [0.717, 1.165) is 11.5 Å². The minimum absolute atomic E-state index is 0.0516. The first kappa shape index (κ1) is 9.10. The van der Waals surface area contributed by atoms with E-state index < -0.39 is 0 Å². The van der Waals surface area contributed by atoms with E-state index in [2.05, 4.69) is 5.32 Å². The van der Waals surface area contributed by atoms with Crippen LogP contribution >= 0.6 is 0 Å². The molecule has 0 aliphatic carbocycles. The smallest absolute Gasteiger partial charge is 0.264 e. The lowest BCUT2D eigenvalue weighted by Gasteiger charge is -2.26. The molecule has 0 aromatic rings. The molecule has 1 atom stereocenters. The highest BCUT2D eigenvalue weighted by atomic mass is 16.5. The highest BCUT2D eigenvalue weighted by molar-refractivity contribution is 5.83. The quantitative estimate of drug-likeness (QED) is 0.644. The summed E-state index contributed by atoms with van der Waals surface area (Å²) >= 11 is 0. The third-order valence-corrected chi connectivity index (χ3v) is 1.94. The van der Waals surface area contributed by atoms with Gasteiger partial charge in [0.25, 0.3) is 5.91 Å². The molecule has 0 saturated carbocycles. The lowest BCUT2D eigenvalue weighted by atomic mass is 10.1. The van der Waals surface area contributed by atoms with Gasteiger partial charge >= 0.3 is 0 Å². The van der Waals surface area contributed by atoms with E-state index in [4.69, 9.17) is 4.74 Å². The lowest BCUT2D eigenvalue weighted by molar-refractivity contribution is -0.130. The maximum absolute atomic E-state index is 11.2. The van der Waals surface area contributed by atoms with Crippen LogP contribution in [0.3, 0.4) is 0 Å². The maximum Gasteiger partial charge on any atom is 0.264 e. The molecule has 1 N–H and O–H groups in total. The van der Waals surface area contributed by atoms with Crippen LogP contribution in [0.2, 0.25) is 0 Å². The van der Waals surface area contributed by atoms with Crippen LogP contribution in [-0.4, -0.2) is 12.0 Å². The van der Waals surface area contributed by atoms with E-state index >= 15 is 0 Å². The Bertz CT molecular complexity index is 231. The number of nitrogens with one attached hydrogen (secondary N) is 1. The number of hydrogen-bond acceptors (Lipinski definition) is 2. The monoisotopic (exact) mass is 169 g/mol. The lowest BCUT2D eigenvalue weighted by Crippen LogP contribution is -2.40. The third-order valence-electron chi connectivity index (χ3n) is 1.94. The number of allylic oxidation sites excluding steroid dienone is 2. The molecule has 3 nitrogen and oxygen atoms in total. The number of amides is 1. The van der Waals surface area contributed by atoms with Crippen molar-refractivity contribution in [1.82, 2.24) is 5.32 Å². The molecule has 1 aliphatic heterocycles. The van der Waals surface area contributed by atoms with E-state index in [1.807, 2.05) is 20.8 Å². The molecule has 1 amide bonds. The fourth-order valence-corrected chi connectivity index (χ4v) is 1.26. The predicted molar refractivity (Wildman–Crippen MR) is 46.2 cm³/mol. The Morgan fingerprint density at radius 2 is 2.08 bits per heavy atom. The van der Waals surface area contributed by atoms with Crippen molar-refractivity contribution in [2.45, 2.75) is 33.8 Å². The Kier molecular flexibility index (Phi) is 2.40. The number of carbonyl (C=O) groups is 1. The molecular weight excluding hydrogens is 154 g/mol. The summed E-state index contributed by atoms with van der Waals surface area (Å²) in [4.78, 5) is 11.2. The summed E-state index contributed by atoms with van der Waals surface area (Å²) in [7, 11) is 0. The Labute approximate surface area is 72.8 Å². The van der Waals surface area contributed by atoms with Gasteiger partial charge in [0, 0.05) is 0 Å². The highest BCUT2D eigenvalue weighted by Crippen LogP contribution is 2.18. The minimum atomic E-state index is -0.354. The standard InChI is InChI=1S/C9H15NO2/c1-5(2)8-6(3)12-7(4)9(11)10-8/h5,7H,1-4H3,(H,10,11)/t7-/m1/s1. The van der Waals surface area contributed by atoms with Crippen LogP contribution in [0.4, 0.5) is 0 Å². The first-order chi connectivity index (χ1) is 5.52. The molecule has 68 valence electrons. The fraction of sp³-hybridized carbons (Fsp3) is 0.667. The van der Waals surface area contributed by atoms with Gasteiger partial charge in [-0.2, -0.15) is 0 Å². The summed E-state index contributed by atoms with van der Waals surface area (Å²) in [5, 5.41) is 2.83. The molecule has 12 heavy (non-hydrogen) atoms. The van der Waals surface area contributed by atoms with Crippen LogP contribution in [0.5, 0.6) is 0 Å². The molecule has 0 unspecified atom stereocenters. The molecular formula is C9H15NO2. The van der Waals surface area contributed by atoms with E-state index in [0.29, 0.717) is 5.92 Å². The maximum atomic E-state index is 11.2. The summed E-state index contributed by atoms with van der Waals surface area (Å²) in [5.74, 6) is 1.09. The molecule has 0 aromatic heterocycles. The van der Waals surface area contributed by atoms with E-state index in [-0.39, 0.29) is 12.0 Å². The van der Waals surface area contributed by atoms with E-state index in [1.165, 1.54) is 0 Å². The normalized spacial score (nSPS) is 24.1. The van der Waals surface area contributed by atoms with Crippen LogP contribution in [0.1, 0.15) is 27.7 Å². The molecule has 0 saturated heterocycles. The van der Waals surface area contributed by atoms with Gasteiger partial charge in [0.1, 0.15) is 5.76 Å². The van der Waals surface area contributed by atoms with Gasteiger partial charge in [0.05, 0.1) is 5.70 Å². The summed E-state index contributed by atoms with van der Waals surface area (Å²) in [6.07, 6.45) is -0.354. The number of rotatable bonds is 1. The molecule has 1 heterocycles. The third kappa shape index (κ3) is 1.60. The van der Waals surface area contributed by atoms with Gasteiger partial charge in [-0.25, -0.2) is 0 Å². The van der Waals surface area contributed by atoms with Crippen molar-refractivity contribution in [3.8, 4) is 0 Å². The topological polar surface area (TPSA) is 38.3 Å². The molecule has 0 fully saturated rings. The van der Waals surface area contributed by atoms with E-state index in [9.17, 15) is 4.79 Å². The molecule has 0 radical (unpaired) electrons. The Morgan fingerprint density at radius 3 is 2.58 bits per heavy atom. The second kappa shape index (κ2) is 3.17. The van der Waals surface area contributed by atoms with Gasteiger partial charge < -0.3 is 10.1 Å². The van der Waals surface area contributed by atoms with Crippen molar-refractivity contribution in [3.05, 3.63) is 11.5 Å². The first-order valence-corrected chi connectivity index (χ1v) is 4.20. The molecule has 0 spiro atoms. The Balaban J connectivity index is 2.85. The summed E-state index contributed by atoms with van der Waals surface area (Å²) in [6.45, 7) is 7.68. The zero-order chi connectivity index (χ0) is 9.30. The van der Waals surface area contributed by atoms with Crippen LogP contribution in [0.25, 0.3) is 0 Å². The summed E-state index contributed by atoms with van der Waals surface area (Å²) in [5.41, 5.74) is 0.901. The van der Waals surface area contributed by atoms with Crippen molar-refractivity contribution in [1.29, 1.82) is 0 Å². The highest BCUT2D eigenvalue weighted by Gasteiger charge is 2.24. The fourth-order valence-electron chi connectivity index (χ4n) is 1.26. The second-order valence-corrected chi connectivity index (χ2v) is 3.37. The Morgan fingerprint density at radius 1 is 1.50 bits per heavy atom.